The van der Waals surface area contributed by atoms with Gasteiger partial charge in [-0.05, 0) is 45.4 Å². The first-order valence-corrected chi connectivity index (χ1v) is 8.00. The fourth-order valence-corrected chi connectivity index (χ4v) is 2.61. The Bertz CT molecular complexity index is 693. The molecule has 2 atom stereocenters. The summed E-state index contributed by atoms with van der Waals surface area (Å²) < 4.78 is 1.76. The van der Waals surface area contributed by atoms with E-state index in [0.29, 0.717) is 5.02 Å². The van der Waals surface area contributed by atoms with Gasteiger partial charge in [-0.25, -0.2) is 0 Å². The Labute approximate surface area is 142 Å². The summed E-state index contributed by atoms with van der Waals surface area (Å²) >= 11 is 5.90. The number of anilines is 1. The molecule has 0 fully saturated rings. The molecule has 0 radical (unpaired) electrons. The molecule has 23 heavy (non-hydrogen) atoms. The number of rotatable bonds is 5. The molecule has 0 bridgehead atoms. The molecule has 1 aromatic carbocycles. The number of halogens is 1. The highest BCUT2D eigenvalue weighted by atomic mass is 35.5. The van der Waals surface area contributed by atoms with Crippen molar-refractivity contribution in [1.82, 2.24) is 15.1 Å². The van der Waals surface area contributed by atoms with Crippen molar-refractivity contribution < 1.29 is 4.79 Å². The minimum Gasteiger partial charge on any atom is -0.322 e. The zero-order chi connectivity index (χ0) is 17.1. The Hall–Kier alpha value is -1.85. The highest BCUT2D eigenvalue weighted by Gasteiger charge is 2.19. The number of benzene rings is 1. The Morgan fingerprint density at radius 1 is 1.22 bits per heavy atom. The van der Waals surface area contributed by atoms with Gasteiger partial charge < -0.3 is 5.32 Å². The summed E-state index contributed by atoms with van der Waals surface area (Å²) in [7, 11) is 1.86. The van der Waals surface area contributed by atoms with Gasteiger partial charge in [0, 0.05) is 18.1 Å². The standard InChI is InChI=1S/C17H23ClN4O/c1-10(14-6-8-15(18)9-7-14)19-12(3)17(23)20-16-11(2)21-22(5)13(16)4/h6-10,12,19H,1-5H3,(H,20,23)/t10-,12+/m0/s1. The van der Waals surface area contributed by atoms with Gasteiger partial charge in [-0.3, -0.25) is 14.8 Å². The van der Waals surface area contributed by atoms with Crippen molar-refractivity contribution in [3.8, 4) is 0 Å². The molecule has 0 aliphatic carbocycles. The van der Waals surface area contributed by atoms with Gasteiger partial charge in [-0.15, -0.1) is 0 Å². The van der Waals surface area contributed by atoms with Gasteiger partial charge in [0.25, 0.3) is 0 Å². The molecule has 0 unspecified atom stereocenters. The predicted octanol–water partition coefficient (Wildman–Crippen LogP) is 3.37. The summed E-state index contributed by atoms with van der Waals surface area (Å²) in [5.74, 6) is -0.0787. The lowest BCUT2D eigenvalue weighted by Gasteiger charge is -2.20. The first-order chi connectivity index (χ1) is 10.8. The van der Waals surface area contributed by atoms with Crippen LogP contribution in [0.3, 0.4) is 0 Å². The zero-order valence-corrected chi connectivity index (χ0v) is 14.9. The molecule has 1 aromatic heterocycles. The van der Waals surface area contributed by atoms with E-state index in [-0.39, 0.29) is 18.0 Å². The summed E-state index contributed by atoms with van der Waals surface area (Å²) in [5.41, 5.74) is 3.62. The van der Waals surface area contributed by atoms with Crippen molar-refractivity contribution in [3.05, 3.63) is 46.2 Å². The van der Waals surface area contributed by atoms with Crippen molar-refractivity contribution in [2.24, 2.45) is 7.05 Å². The molecule has 0 saturated carbocycles. The summed E-state index contributed by atoms with van der Waals surface area (Å²) in [6, 6.07) is 7.33. The van der Waals surface area contributed by atoms with E-state index in [1.807, 2.05) is 59.0 Å². The Kier molecular flexibility index (Phi) is 5.44. The van der Waals surface area contributed by atoms with Gasteiger partial charge in [-0.2, -0.15) is 5.10 Å². The van der Waals surface area contributed by atoms with E-state index < -0.39 is 0 Å². The van der Waals surface area contributed by atoms with Crippen LogP contribution in [0.25, 0.3) is 0 Å². The minimum atomic E-state index is -0.334. The lowest BCUT2D eigenvalue weighted by molar-refractivity contribution is -0.117. The van der Waals surface area contributed by atoms with E-state index >= 15 is 0 Å². The molecule has 1 heterocycles. The first-order valence-electron chi connectivity index (χ1n) is 7.62. The fraction of sp³-hybridized carbons (Fsp3) is 0.412. The third-order valence-electron chi connectivity index (χ3n) is 4.02. The van der Waals surface area contributed by atoms with Gasteiger partial charge in [0.05, 0.1) is 23.1 Å². The van der Waals surface area contributed by atoms with Gasteiger partial charge in [0.15, 0.2) is 0 Å². The first kappa shape index (κ1) is 17.5. The van der Waals surface area contributed by atoms with Crippen LogP contribution in [0.4, 0.5) is 5.69 Å². The van der Waals surface area contributed by atoms with Crippen molar-refractivity contribution >= 4 is 23.2 Å². The van der Waals surface area contributed by atoms with Crippen LogP contribution in [0.1, 0.15) is 36.8 Å². The Morgan fingerprint density at radius 3 is 2.35 bits per heavy atom. The number of aryl methyl sites for hydroxylation is 2. The van der Waals surface area contributed by atoms with Crippen molar-refractivity contribution in [1.29, 1.82) is 0 Å². The predicted molar refractivity (Wildman–Crippen MR) is 93.8 cm³/mol. The molecule has 6 heteroatoms. The number of hydrogen-bond acceptors (Lipinski definition) is 3. The molecule has 2 rings (SSSR count). The average Bonchev–Trinajstić information content (AvgIpc) is 2.74. The highest BCUT2D eigenvalue weighted by molar-refractivity contribution is 6.30. The Balaban J connectivity index is 2.01. The number of carbonyl (C=O) groups is 1. The van der Waals surface area contributed by atoms with Crippen LogP contribution in [-0.2, 0) is 11.8 Å². The number of carbonyl (C=O) groups excluding carboxylic acids is 1. The third kappa shape index (κ3) is 4.12. The topological polar surface area (TPSA) is 59.0 Å². The van der Waals surface area contributed by atoms with Gasteiger partial charge >= 0.3 is 0 Å². The van der Waals surface area contributed by atoms with Crippen LogP contribution in [-0.4, -0.2) is 21.7 Å². The largest absolute Gasteiger partial charge is 0.322 e. The monoisotopic (exact) mass is 334 g/mol. The van der Waals surface area contributed by atoms with Crippen LogP contribution in [0.2, 0.25) is 5.02 Å². The van der Waals surface area contributed by atoms with Gasteiger partial charge in [0.2, 0.25) is 5.91 Å². The molecule has 5 nitrogen and oxygen atoms in total. The van der Waals surface area contributed by atoms with Crippen molar-refractivity contribution in [2.75, 3.05) is 5.32 Å². The maximum atomic E-state index is 12.4. The molecule has 2 aromatic rings. The van der Waals surface area contributed by atoms with Gasteiger partial charge in [-0.1, -0.05) is 23.7 Å². The molecular weight excluding hydrogens is 312 g/mol. The van der Waals surface area contributed by atoms with Crippen molar-refractivity contribution in [3.63, 3.8) is 0 Å². The van der Waals surface area contributed by atoms with Gasteiger partial charge in [0.1, 0.15) is 0 Å². The maximum Gasteiger partial charge on any atom is 0.241 e. The Morgan fingerprint density at radius 2 is 1.83 bits per heavy atom. The van der Waals surface area contributed by atoms with E-state index in [4.69, 9.17) is 11.6 Å². The van der Waals surface area contributed by atoms with E-state index in [1.54, 1.807) is 4.68 Å². The summed E-state index contributed by atoms with van der Waals surface area (Å²) in [6.07, 6.45) is 0. The summed E-state index contributed by atoms with van der Waals surface area (Å²) in [4.78, 5) is 12.4. The van der Waals surface area contributed by atoms with E-state index in [1.165, 1.54) is 0 Å². The maximum absolute atomic E-state index is 12.4. The molecule has 124 valence electrons. The quantitative estimate of drug-likeness (QED) is 0.881. The lowest BCUT2D eigenvalue weighted by atomic mass is 10.1. The SMILES string of the molecule is Cc1nn(C)c(C)c1NC(=O)[C@@H](C)N[C@@H](C)c1ccc(Cl)cc1. The van der Waals surface area contributed by atoms with E-state index in [0.717, 1.165) is 22.6 Å². The summed E-state index contributed by atoms with van der Waals surface area (Å²) in [5, 5.41) is 11.3. The fourth-order valence-electron chi connectivity index (χ4n) is 2.48. The van der Waals surface area contributed by atoms with Crippen LogP contribution in [0.15, 0.2) is 24.3 Å². The zero-order valence-electron chi connectivity index (χ0n) is 14.1. The van der Waals surface area contributed by atoms with E-state index in [2.05, 4.69) is 15.7 Å². The number of nitrogens with one attached hydrogen (secondary N) is 2. The number of amides is 1. The lowest BCUT2D eigenvalue weighted by Crippen LogP contribution is -2.39. The van der Waals surface area contributed by atoms with Crippen LogP contribution >= 0.6 is 11.6 Å². The van der Waals surface area contributed by atoms with Crippen LogP contribution in [0, 0.1) is 13.8 Å². The van der Waals surface area contributed by atoms with Crippen molar-refractivity contribution in [2.45, 2.75) is 39.8 Å². The second kappa shape index (κ2) is 7.15. The number of hydrogen-bond donors (Lipinski definition) is 2. The molecular formula is C17H23ClN4O. The molecule has 0 spiro atoms. The molecule has 0 aliphatic rings. The highest BCUT2D eigenvalue weighted by Crippen LogP contribution is 2.19. The third-order valence-corrected chi connectivity index (χ3v) is 4.27. The minimum absolute atomic E-state index is 0.0455. The van der Waals surface area contributed by atoms with E-state index in [9.17, 15) is 4.79 Å². The molecule has 0 saturated heterocycles. The number of nitrogens with zero attached hydrogens (tertiary/aromatic N) is 2. The average molecular weight is 335 g/mol. The smallest absolute Gasteiger partial charge is 0.241 e. The molecule has 2 N–H and O–H groups in total. The number of aromatic nitrogens is 2. The second-order valence-electron chi connectivity index (χ2n) is 5.82. The normalized spacial score (nSPS) is 13.7. The second-order valence-corrected chi connectivity index (χ2v) is 6.26. The summed E-state index contributed by atoms with van der Waals surface area (Å²) in [6.45, 7) is 7.69. The molecule has 1 amide bonds. The van der Waals surface area contributed by atoms with Crippen LogP contribution in [0.5, 0.6) is 0 Å². The molecule has 0 aliphatic heterocycles. The van der Waals surface area contributed by atoms with Crippen LogP contribution < -0.4 is 10.6 Å².